The highest BCUT2D eigenvalue weighted by Gasteiger charge is 2.30. The van der Waals surface area contributed by atoms with Crippen molar-refractivity contribution in [2.24, 2.45) is 29.4 Å². The molecule has 2 rings (SSSR count). The van der Waals surface area contributed by atoms with Crippen molar-refractivity contribution in [3.8, 4) is 17.6 Å². The molecule has 8 nitrogen and oxygen atoms in total. The van der Waals surface area contributed by atoms with Crippen LogP contribution in [0.25, 0.3) is 0 Å². The number of nitrogens with two attached hydrogens (primary N) is 1. The first-order valence-electron chi connectivity index (χ1n) is 14.1. The smallest absolute Gasteiger partial charge is 0.227 e. The van der Waals surface area contributed by atoms with Crippen LogP contribution in [0.3, 0.4) is 0 Å². The second-order valence-electron chi connectivity index (χ2n) is 11.1. The topological polar surface area (TPSA) is 127 Å². The van der Waals surface area contributed by atoms with Gasteiger partial charge in [-0.25, -0.2) is 0 Å². The van der Waals surface area contributed by atoms with Crippen LogP contribution in [0.5, 0.6) is 11.5 Å². The molecule has 0 spiro atoms. The van der Waals surface area contributed by atoms with Crippen molar-refractivity contribution in [3.05, 3.63) is 53.6 Å². The molecular weight excluding hydrogens is 506 g/mol. The number of carbonyl (C=O) groups is 1. The van der Waals surface area contributed by atoms with E-state index in [1.807, 2.05) is 32.0 Å². The molecule has 4 N–H and O–H groups in total. The number of aliphatic hydroxyl groups excluding tert-OH is 1. The Morgan fingerprint density at radius 2 is 1.70 bits per heavy atom. The third kappa shape index (κ3) is 10.5. The average Bonchev–Trinajstić information content (AvgIpc) is 2.93. The molecule has 0 bridgehead atoms. The first-order chi connectivity index (χ1) is 19.1. The van der Waals surface area contributed by atoms with Crippen LogP contribution < -0.4 is 20.5 Å². The fourth-order valence-electron chi connectivity index (χ4n) is 4.73. The number of benzene rings is 2. The van der Waals surface area contributed by atoms with Gasteiger partial charge in [0.05, 0.1) is 31.5 Å². The molecule has 0 aliphatic carbocycles. The lowest BCUT2D eigenvalue weighted by Gasteiger charge is -2.30. The maximum Gasteiger partial charge on any atom is 0.227 e. The molecule has 2 aromatic rings. The summed E-state index contributed by atoms with van der Waals surface area (Å²) in [6.45, 7) is 9.43. The van der Waals surface area contributed by atoms with Crippen LogP contribution in [0.1, 0.15) is 58.1 Å². The third-order valence-corrected chi connectivity index (χ3v) is 7.41. The van der Waals surface area contributed by atoms with Crippen molar-refractivity contribution >= 4 is 11.6 Å². The molecule has 0 fully saturated rings. The van der Waals surface area contributed by atoms with Crippen molar-refractivity contribution in [3.63, 3.8) is 0 Å². The monoisotopic (exact) mass is 553 g/mol. The molecule has 0 aliphatic heterocycles. The Balaban J connectivity index is 2.04. The molecule has 2 aromatic carbocycles. The number of hydrogen-bond donors (Lipinski definition) is 3. The van der Waals surface area contributed by atoms with Crippen molar-refractivity contribution in [1.29, 1.82) is 5.26 Å². The highest BCUT2D eigenvalue weighted by Crippen LogP contribution is 2.32. The maximum atomic E-state index is 13.1. The molecule has 40 heavy (non-hydrogen) atoms. The van der Waals surface area contributed by atoms with Gasteiger partial charge in [0.15, 0.2) is 11.5 Å². The highest BCUT2D eigenvalue weighted by molar-refractivity contribution is 5.92. The summed E-state index contributed by atoms with van der Waals surface area (Å²) in [5.41, 5.74) is 8.81. The number of carbonyl (C=O) groups excluding carboxylic acids is 1. The minimum Gasteiger partial charge on any atom is -0.493 e. The highest BCUT2D eigenvalue weighted by atomic mass is 16.5. The second-order valence-corrected chi connectivity index (χ2v) is 11.1. The van der Waals surface area contributed by atoms with Gasteiger partial charge >= 0.3 is 0 Å². The summed E-state index contributed by atoms with van der Waals surface area (Å²) in [5.74, 6) is 1.40. The van der Waals surface area contributed by atoms with Crippen LogP contribution in [-0.2, 0) is 16.0 Å². The summed E-state index contributed by atoms with van der Waals surface area (Å²) in [7, 11) is 3.30. The summed E-state index contributed by atoms with van der Waals surface area (Å²) < 4.78 is 16.5. The minimum atomic E-state index is -0.823. The number of rotatable bonds is 17. The van der Waals surface area contributed by atoms with Crippen molar-refractivity contribution < 1.29 is 24.1 Å². The van der Waals surface area contributed by atoms with Crippen molar-refractivity contribution in [1.82, 2.24) is 0 Å². The number of amides is 1. The Bertz CT molecular complexity index is 1080. The van der Waals surface area contributed by atoms with Gasteiger partial charge in [-0.05, 0) is 79.0 Å². The molecule has 0 heterocycles. The summed E-state index contributed by atoms with van der Waals surface area (Å²) in [4.78, 5) is 13.1. The molecule has 8 heteroatoms. The zero-order chi connectivity index (χ0) is 29.7. The zero-order valence-corrected chi connectivity index (χ0v) is 24.9. The number of methoxy groups -OCH3 is 2. The van der Waals surface area contributed by atoms with Crippen LogP contribution in [0.4, 0.5) is 5.69 Å². The van der Waals surface area contributed by atoms with E-state index >= 15 is 0 Å². The molecular formula is C32H47N3O5. The van der Waals surface area contributed by atoms with Gasteiger partial charge in [0.25, 0.3) is 0 Å². The zero-order valence-electron chi connectivity index (χ0n) is 24.9. The molecule has 220 valence electrons. The lowest BCUT2D eigenvalue weighted by atomic mass is 9.81. The predicted molar refractivity (Wildman–Crippen MR) is 158 cm³/mol. The first-order valence-corrected chi connectivity index (χ1v) is 14.1. The van der Waals surface area contributed by atoms with E-state index in [-0.39, 0.29) is 24.2 Å². The van der Waals surface area contributed by atoms with Crippen LogP contribution in [0.2, 0.25) is 0 Å². The Kier molecular flexibility index (Phi) is 13.9. The minimum absolute atomic E-state index is 0.0164. The first kappa shape index (κ1) is 33.1. The number of nitrogens with zero attached hydrogens (tertiary/aromatic N) is 1. The van der Waals surface area contributed by atoms with Crippen molar-refractivity contribution in [2.45, 2.75) is 65.5 Å². The number of anilines is 1. The van der Waals surface area contributed by atoms with Gasteiger partial charge in [0.1, 0.15) is 0 Å². The molecule has 1 amide bonds. The largest absolute Gasteiger partial charge is 0.493 e. The second kappa shape index (κ2) is 16.9. The van der Waals surface area contributed by atoms with Crippen LogP contribution >= 0.6 is 0 Å². The SMILES string of the molecule is COCCCOc1cc(CC(CC(N)C(O)CC(C(=O)Nc2ccc(C#N)cc2)C(C)C)C(C)C)ccc1OC. The number of ether oxygens (including phenoxy) is 3. The van der Waals surface area contributed by atoms with E-state index in [1.54, 1.807) is 38.5 Å². The van der Waals surface area contributed by atoms with E-state index in [0.29, 0.717) is 48.3 Å². The molecule has 0 radical (unpaired) electrons. The van der Waals surface area contributed by atoms with Crippen LogP contribution in [0.15, 0.2) is 42.5 Å². The lowest BCUT2D eigenvalue weighted by Crippen LogP contribution is -2.41. The van der Waals surface area contributed by atoms with E-state index in [9.17, 15) is 9.90 Å². The normalized spacial score (nSPS) is 14.3. The van der Waals surface area contributed by atoms with E-state index in [4.69, 9.17) is 25.2 Å². The number of nitrogens with one attached hydrogen (secondary N) is 1. The molecule has 0 aliphatic rings. The van der Waals surface area contributed by atoms with Gasteiger partial charge in [0, 0.05) is 37.8 Å². The molecule has 0 saturated heterocycles. The van der Waals surface area contributed by atoms with E-state index in [0.717, 1.165) is 18.4 Å². The predicted octanol–water partition coefficient (Wildman–Crippen LogP) is 5.18. The quantitative estimate of drug-likeness (QED) is 0.231. The van der Waals surface area contributed by atoms with Gasteiger partial charge in [0.2, 0.25) is 5.91 Å². The van der Waals surface area contributed by atoms with Gasteiger partial charge in [-0.1, -0.05) is 33.8 Å². The lowest BCUT2D eigenvalue weighted by molar-refractivity contribution is -0.122. The Labute approximate surface area is 239 Å². The van der Waals surface area contributed by atoms with Gasteiger partial charge in [-0.2, -0.15) is 5.26 Å². The Hall–Kier alpha value is -3.12. The fraction of sp³-hybridized carbons (Fsp3) is 0.562. The molecule has 4 atom stereocenters. The van der Waals surface area contributed by atoms with Gasteiger partial charge in [-0.3, -0.25) is 4.79 Å². The third-order valence-electron chi connectivity index (χ3n) is 7.41. The standard InChI is InChI=1S/C32H47N3O5/c1-21(2)25(16-24-10-13-30(39-6)31(17-24)40-15-7-14-38-5)18-28(34)29(36)19-27(22(3)4)32(37)35-26-11-8-23(20-33)9-12-26/h8-13,17,21-22,25,27-29,36H,7,14-16,18-19,34H2,1-6H3,(H,35,37). The van der Waals surface area contributed by atoms with Crippen LogP contribution in [0, 0.1) is 35.0 Å². The van der Waals surface area contributed by atoms with E-state index < -0.39 is 18.1 Å². The summed E-state index contributed by atoms with van der Waals surface area (Å²) in [5, 5.41) is 23.0. The van der Waals surface area contributed by atoms with Gasteiger partial charge < -0.3 is 30.4 Å². The Morgan fingerprint density at radius 1 is 1.00 bits per heavy atom. The van der Waals surface area contributed by atoms with E-state index in [1.165, 1.54) is 0 Å². The number of hydrogen-bond acceptors (Lipinski definition) is 7. The Morgan fingerprint density at radius 3 is 2.27 bits per heavy atom. The van der Waals surface area contributed by atoms with E-state index in [2.05, 4.69) is 25.2 Å². The van der Waals surface area contributed by atoms with Gasteiger partial charge in [-0.15, -0.1) is 0 Å². The average molecular weight is 554 g/mol. The fourth-order valence-corrected chi connectivity index (χ4v) is 4.73. The number of nitriles is 1. The van der Waals surface area contributed by atoms with Crippen molar-refractivity contribution in [2.75, 3.05) is 32.8 Å². The summed E-state index contributed by atoms with van der Waals surface area (Å²) >= 11 is 0. The summed E-state index contributed by atoms with van der Waals surface area (Å²) in [6.07, 6.45) is 1.64. The molecule has 0 aromatic heterocycles. The van der Waals surface area contributed by atoms with Crippen LogP contribution in [-0.4, -0.2) is 50.6 Å². The maximum absolute atomic E-state index is 13.1. The molecule has 0 saturated carbocycles. The number of aliphatic hydroxyl groups is 1. The summed E-state index contributed by atoms with van der Waals surface area (Å²) in [6, 6.07) is 14.3. The molecule has 4 unspecified atom stereocenters.